The molecule has 7 heteroatoms. The van der Waals surface area contributed by atoms with Crippen LogP contribution in [0.1, 0.15) is 21.7 Å². The van der Waals surface area contributed by atoms with Gasteiger partial charge in [0.25, 0.3) is 0 Å². The number of rotatable bonds is 5. The number of aryl methyl sites for hydroxylation is 1. The first-order valence-corrected chi connectivity index (χ1v) is 9.39. The summed E-state index contributed by atoms with van der Waals surface area (Å²) in [6, 6.07) is 16.4. The van der Waals surface area contributed by atoms with Crippen LogP contribution in [0, 0.1) is 12.7 Å². The van der Waals surface area contributed by atoms with E-state index >= 15 is 0 Å². The summed E-state index contributed by atoms with van der Waals surface area (Å²) in [5.74, 6) is -1.32. The molecule has 2 aromatic carbocycles. The molecule has 0 aliphatic rings. The highest BCUT2D eigenvalue weighted by Crippen LogP contribution is 2.25. The van der Waals surface area contributed by atoms with Crippen molar-refractivity contribution in [3.8, 4) is 22.7 Å². The minimum absolute atomic E-state index is 0.200. The van der Waals surface area contributed by atoms with Gasteiger partial charge in [0, 0.05) is 23.4 Å². The van der Waals surface area contributed by atoms with Gasteiger partial charge in [0.05, 0.1) is 11.4 Å². The predicted octanol–water partition coefficient (Wildman–Crippen LogP) is 4.54. The van der Waals surface area contributed by atoms with E-state index in [4.69, 9.17) is 4.42 Å². The van der Waals surface area contributed by atoms with Crippen molar-refractivity contribution in [3.05, 3.63) is 106 Å². The second-order valence-corrected chi connectivity index (χ2v) is 6.82. The number of para-hydroxylation sites is 1. The zero-order valence-electron chi connectivity index (χ0n) is 16.4. The number of halogens is 1. The Morgan fingerprint density at radius 3 is 2.52 bits per heavy atom. The Balaban J connectivity index is 1.76. The fraction of sp³-hybridized carbons (Fsp3) is 0.0417. The molecule has 2 aromatic heterocycles. The van der Waals surface area contributed by atoms with Gasteiger partial charge in [-0.05, 0) is 55.5 Å². The first kappa shape index (κ1) is 20.0. The number of carbonyl (C=O) groups excluding carboxylic acids is 1. The third-order valence-corrected chi connectivity index (χ3v) is 4.60. The molecule has 4 aromatic rings. The normalized spacial score (nSPS) is 11.2. The second-order valence-electron chi connectivity index (χ2n) is 6.82. The molecule has 1 N–H and O–H groups in total. The Labute approximate surface area is 176 Å². The van der Waals surface area contributed by atoms with Gasteiger partial charge in [-0.15, -0.1) is 0 Å². The molecule has 154 valence electrons. The maximum Gasteiger partial charge on any atom is 0.351 e. The van der Waals surface area contributed by atoms with Crippen LogP contribution in [0.4, 0.5) is 4.39 Å². The third-order valence-electron chi connectivity index (χ3n) is 4.60. The summed E-state index contributed by atoms with van der Waals surface area (Å²) in [6.07, 6.45) is 4.38. The van der Waals surface area contributed by atoms with E-state index in [1.807, 2.05) is 30.3 Å². The lowest BCUT2D eigenvalue weighted by Crippen LogP contribution is -2.12. The van der Waals surface area contributed by atoms with E-state index in [0.29, 0.717) is 16.8 Å². The Morgan fingerprint density at radius 1 is 1.13 bits per heavy atom. The average molecular weight is 416 g/mol. The van der Waals surface area contributed by atoms with E-state index in [1.165, 1.54) is 37.3 Å². The molecule has 0 bridgehead atoms. The molecule has 0 unspecified atom stereocenters. The van der Waals surface area contributed by atoms with Crippen LogP contribution in [0.25, 0.3) is 23.0 Å². The Kier molecular flexibility index (Phi) is 5.32. The first-order chi connectivity index (χ1) is 14.9. The number of benzene rings is 2. The summed E-state index contributed by atoms with van der Waals surface area (Å²) in [7, 11) is 0. The SMILES string of the molecule is Cc1cc(O)c(C(=O)/C=C/c2cn(-c3ccccc3)nc2-c2ccc(F)cc2)c(=O)o1. The number of allylic oxidation sites excluding steroid dienone is 1. The highest BCUT2D eigenvalue weighted by atomic mass is 19.1. The van der Waals surface area contributed by atoms with Gasteiger partial charge in [0.15, 0.2) is 5.78 Å². The summed E-state index contributed by atoms with van der Waals surface area (Å²) < 4.78 is 19.9. The van der Waals surface area contributed by atoms with E-state index < -0.39 is 22.7 Å². The molecular formula is C24H17FN2O4. The van der Waals surface area contributed by atoms with Crippen molar-refractivity contribution in [2.45, 2.75) is 6.92 Å². The van der Waals surface area contributed by atoms with Gasteiger partial charge in [-0.25, -0.2) is 13.9 Å². The number of hydrogen-bond donors (Lipinski definition) is 1. The van der Waals surface area contributed by atoms with Gasteiger partial charge in [-0.1, -0.05) is 18.2 Å². The van der Waals surface area contributed by atoms with Crippen LogP contribution in [-0.4, -0.2) is 20.7 Å². The van der Waals surface area contributed by atoms with Gasteiger partial charge in [0.1, 0.15) is 22.9 Å². The van der Waals surface area contributed by atoms with Crippen molar-refractivity contribution in [3.63, 3.8) is 0 Å². The average Bonchev–Trinajstić information content (AvgIpc) is 3.17. The Bertz CT molecular complexity index is 1340. The van der Waals surface area contributed by atoms with Crippen molar-refractivity contribution in [1.82, 2.24) is 9.78 Å². The highest BCUT2D eigenvalue weighted by Gasteiger charge is 2.17. The summed E-state index contributed by atoms with van der Waals surface area (Å²) >= 11 is 0. The predicted molar refractivity (Wildman–Crippen MR) is 114 cm³/mol. The molecule has 4 rings (SSSR count). The van der Waals surface area contributed by atoms with Crippen LogP contribution in [0.3, 0.4) is 0 Å². The number of nitrogens with zero attached hydrogens (tertiary/aromatic N) is 2. The molecule has 2 heterocycles. The number of ketones is 1. The molecule has 6 nitrogen and oxygen atoms in total. The van der Waals surface area contributed by atoms with Crippen molar-refractivity contribution in [2.24, 2.45) is 0 Å². The first-order valence-electron chi connectivity index (χ1n) is 9.39. The van der Waals surface area contributed by atoms with E-state index in [-0.39, 0.29) is 11.6 Å². The quantitative estimate of drug-likeness (QED) is 0.381. The minimum atomic E-state index is -0.911. The molecule has 0 saturated heterocycles. The Morgan fingerprint density at radius 2 is 1.84 bits per heavy atom. The smallest absolute Gasteiger partial charge is 0.351 e. The van der Waals surface area contributed by atoms with Gasteiger partial charge in [-0.3, -0.25) is 4.79 Å². The standard InChI is InChI=1S/C24H17FN2O4/c1-15-13-21(29)22(24(30)31-15)20(28)12-9-17-14-27(19-5-3-2-4-6-19)26-23(17)16-7-10-18(25)11-8-16/h2-14,29H,1H3/b12-9+. The summed E-state index contributed by atoms with van der Waals surface area (Å²) in [5, 5.41) is 14.6. The van der Waals surface area contributed by atoms with Crippen LogP contribution < -0.4 is 5.63 Å². The number of aromatic nitrogens is 2. The van der Waals surface area contributed by atoms with Crippen molar-refractivity contribution in [2.75, 3.05) is 0 Å². The van der Waals surface area contributed by atoms with Gasteiger partial charge in [0.2, 0.25) is 0 Å². The molecule has 0 aliphatic carbocycles. The van der Waals surface area contributed by atoms with Crippen LogP contribution in [0.15, 0.2) is 82.1 Å². The fourth-order valence-electron chi connectivity index (χ4n) is 3.13. The number of hydrogen-bond acceptors (Lipinski definition) is 5. The third kappa shape index (κ3) is 4.20. The lowest BCUT2D eigenvalue weighted by Gasteiger charge is -2.01. The van der Waals surface area contributed by atoms with Gasteiger partial charge in [-0.2, -0.15) is 5.10 Å². The molecule has 0 atom stereocenters. The summed E-state index contributed by atoms with van der Waals surface area (Å²) in [6.45, 7) is 1.50. The molecule has 0 radical (unpaired) electrons. The molecule has 0 spiro atoms. The van der Waals surface area contributed by atoms with Crippen LogP contribution in [0.2, 0.25) is 0 Å². The fourth-order valence-corrected chi connectivity index (χ4v) is 3.13. The summed E-state index contributed by atoms with van der Waals surface area (Å²) in [5.41, 5.74) is 1.19. The molecular weight excluding hydrogens is 399 g/mol. The maximum absolute atomic E-state index is 13.4. The van der Waals surface area contributed by atoms with E-state index in [1.54, 1.807) is 23.0 Å². The van der Waals surface area contributed by atoms with E-state index in [0.717, 1.165) is 5.69 Å². The van der Waals surface area contributed by atoms with Crippen molar-refractivity contribution in [1.29, 1.82) is 0 Å². The van der Waals surface area contributed by atoms with Crippen LogP contribution >= 0.6 is 0 Å². The number of aromatic hydroxyl groups is 1. The van der Waals surface area contributed by atoms with Crippen molar-refractivity contribution < 1.29 is 18.7 Å². The lowest BCUT2D eigenvalue weighted by molar-refractivity contribution is 0.104. The number of carbonyl (C=O) groups is 1. The largest absolute Gasteiger partial charge is 0.507 e. The van der Waals surface area contributed by atoms with Crippen LogP contribution in [-0.2, 0) is 0 Å². The molecule has 0 aliphatic heterocycles. The molecule has 31 heavy (non-hydrogen) atoms. The zero-order chi connectivity index (χ0) is 22.0. The second kappa shape index (κ2) is 8.23. The zero-order valence-corrected chi connectivity index (χ0v) is 16.4. The highest BCUT2D eigenvalue weighted by molar-refractivity contribution is 6.08. The van der Waals surface area contributed by atoms with Gasteiger partial charge >= 0.3 is 5.63 Å². The minimum Gasteiger partial charge on any atom is -0.507 e. The van der Waals surface area contributed by atoms with E-state index in [2.05, 4.69) is 5.10 Å². The molecule has 0 amide bonds. The van der Waals surface area contributed by atoms with Crippen LogP contribution in [0.5, 0.6) is 5.75 Å². The molecule has 0 saturated carbocycles. The lowest BCUT2D eigenvalue weighted by atomic mass is 10.1. The topological polar surface area (TPSA) is 85.3 Å². The van der Waals surface area contributed by atoms with Gasteiger partial charge < -0.3 is 9.52 Å². The van der Waals surface area contributed by atoms with E-state index in [9.17, 15) is 19.1 Å². The van der Waals surface area contributed by atoms with Crippen molar-refractivity contribution >= 4 is 11.9 Å². The molecule has 0 fully saturated rings. The maximum atomic E-state index is 13.4. The monoisotopic (exact) mass is 416 g/mol. The Hall–Kier alpha value is -4.26. The summed E-state index contributed by atoms with van der Waals surface area (Å²) in [4.78, 5) is 24.5.